The van der Waals surface area contributed by atoms with E-state index < -0.39 is 20.8 Å². The lowest BCUT2D eigenvalue weighted by Crippen LogP contribution is -2.12. The van der Waals surface area contributed by atoms with Crippen molar-refractivity contribution < 1.29 is 28.8 Å². The molecule has 0 atom stereocenters. The summed E-state index contributed by atoms with van der Waals surface area (Å²) in [5, 5.41) is 0. The van der Waals surface area contributed by atoms with Crippen molar-refractivity contribution >= 4 is 20.8 Å². The fourth-order valence-corrected chi connectivity index (χ4v) is 2.09. The molecular formula is C2H4O7S2. The largest absolute Gasteiger partial charge is 0.416 e. The number of hydrogen-bond donors (Lipinski definition) is 0. The van der Waals surface area contributed by atoms with Crippen molar-refractivity contribution in [2.45, 2.75) is 0 Å². The summed E-state index contributed by atoms with van der Waals surface area (Å²) in [5.41, 5.74) is 0. The van der Waals surface area contributed by atoms with Crippen LogP contribution in [0.1, 0.15) is 0 Å². The number of rotatable bonds is 0. The average molecular weight is 204 g/mol. The van der Waals surface area contributed by atoms with E-state index in [1.807, 2.05) is 0 Å². The molecule has 0 aromatic rings. The maximum atomic E-state index is 10.4. The maximum absolute atomic E-state index is 10.4. The Morgan fingerprint density at radius 2 is 1.18 bits per heavy atom. The fraction of sp³-hybridized carbons (Fsp3) is 1.00. The maximum Gasteiger partial charge on any atom is 0.416 e. The third-order valence-electron chi connectivity index (χ3n) is 0.705. The monoisotopic (exact) mass is 204 g/mol. The molecule has 0 spiro atoms. The van der Waals surface area contributed by atoms with Crippen molar-refractivity contribution in [2.75, 3.05) is 13.2 Å². The molecular weight excluding hydrogens is 200 g/mol. The highest BCUT2D eigenvalue weighted by atomic mass is 32.3. The third-order valence-corrected chi connectivity index (χ3v) is 2.95. The van der Waals surface area contributed by atoms with Crippen LogP contribution in [0.25, 0.3) is 0 Å². The molecule has 0 aromatic carbocycles. The zero-order valence-corrected chi connectivity index (χ0v) is 6.72. The normalized spacial score (nSPS) is 29.1. The van der Waals surface area contributed by atoms with Crippen LogP contribution in [0.2, 0.25) is 0 Å². The molecule has 1 saturated heterocycles. The molecule has 0 bridgehead atoms. The van der Waals surface area contributed by atoms with Gasteiger partial charge in [0, 0.05) is 0 Å². The van der Waals surface area contributed by atoms with Gasteiger partial charge in [-0.25, -0.2) is 8.37 Å². The Kier molecular flexibility index (Phi) is 2.16. The summed E-state index contributed by atoms with van der Waals surface area (Å²) in [6.07, 6.45) is 0. The molecule has 0 amide bonds. The van der Waals surface area contributed by atoms with E-state index in [1.54, 1.807) is 0 Å². The van der Waals surface area contributed by atoms with E-state index in [2.05, 4.69) is 12.0 Å². The number of hydrogen-bond acceptors (Lipinski definition) is 7. The molecule has 1 rings (SSSR count). The van der Waals surface area contributed by atoms with Crippen molar-refractivity contribution in [3.05, 3.63) is 0 Å². The van der Waals surface area contributed by atoms with Crippen LogP contribution < -0.4 is 0 Å². The van der Waals surface area contributed by atoms with Crippen LogP contribution in [0.5, 0.6) is 0 Å². The van der Waals surface area contributed by atoms with Crippen LogP contribution in [-0.4, -0.2) is 30.0 Å². The smallest absolute Gasteiger partial charge is 0.245 e. The van der Waals surface area contributed by atoms with Gasteiger partial charge in [-0.2, -0.15) is 16.8 Å². The minimum Gasteiger partial charge on any atom is -0.245 e. The molecule has 1 aliphatic rings. The van der Waals surface area contributed by atoms with Crippen LogP contribution in [0.15, 0.2) is 0 Å². The lowest BCUT2D eigenvalue weighted by molar-refractivity contribution is 0.237. The lowest BCUT2D eigenvalue weighted by Gasteiger charge is -1.95. The Morgan fingerprint density at radius 1 is 0.818 bits per heavy atom. The third kappa shape index (κ3) is 2.71. The first-order valence-corrected chi connectivity index (χ1v) is 5.08. The van der Waals surface area contributed by atoms with E-state index in [0.29, 0.717) is 0 Å². The van der Waals surface area contributed by atoms with Gasteiger partial charge in [0.05, 0.1) is 13.2 Å². The van der Waals surface area contributed by atoms with Gasteiger partial charge in [0.15, 0.2) is 0 Å². The summed E-state index contributed by atoms with van der Waals surface area (Å²) in [5.74, 6) is 0. The first-order valence-electron chi connectivity index (χ1n) is 2.41. The second-order valence-electron chi connectivity index (χ2n) is 1.53. The fourth-order valence-electron chi connectivity index (χ4n) is 0.414. The minimum absolute atomic E-state index is 0.373. The summed E-state index contributed by atoms with van der Waals surface area (Å²) in [6.45, 7) is -0.747. The van der Waals surface area contributed by atoms with E-state index in [9.17, 15) is 16.8 Å². The molecule has 1 heterocycles. The van der Waals surface area contributed by atoms with E-state index in [1.165, 1.54) is 0 Å². The SMILES string of the molecule is O=S1(=O)OCCOS(=O)(=O)O1. The highest BCUT2D eigenvalue weighted by Gasteiger charge is 2.28. The van der Waals surface area contributed by atoms with E-state index in [0.717, 1.165) is 0 Å². The Balaban J connectivity index is 2.96. The quantitative estimate of drug-likeness (QED) is 0.475. The Hall–Kier alpha value is -0.220. The minimum atomic E-state index is -4.44. The molecule has 11 heavy (non-hydrogen) atoms. The van der Waals surface area contributed by atoms with E-state index in [4.69, 9.17) is 0 Å². The van der Waals surface area contributed by atoms with Crippen molar-refractivity contribution in [3.8, 4) is 0 Å². The van der Waals surface area contributed by atoms with E-state index >= 15 is 0 Å². The van der Waals surface area contributed by atoms with Crippen molar-refractivity contribution in [1.29, 1.82) is 0 Å². The molecule has 0 aliphatic carbocycles. The predicted molar refractivity (Wildman–Crippen MR) is 30.8 cm³/mol. The van der Waals surface area contributed by atoms with E-state index in [-0.39, 0.29) is 13.2 Å². The predicted octanol–water partition coefficient (Wildman–Crippen LogP) is -1.46. The van der Waals surface area contributed by atoms with Gasteiger partial charge in [-0.1, -0.05) is 0 Å². The van der Waals surface area contributed by atoms with Crippen LogP contribution in [-0.2, 0) is 32.8 Å². The van der Waals surface area contributed by atoms with Gasteiger partial charge in [0.25, 0.3) is 0 Å². The van der Waals surface area contributed by atoms with Crippen LogP contribution >= 0.6 is 0 Å². The first kappa shape index (κ1) is 8.87. The Bertz CT molecular complexity index is 287. The topological polar surface area (TPSA) is 96.0 Å². The zero-order chi connectivity index (χ0) is 8.54. The molecule has 1 aliphatic heterocycles. The van der Waals surface area contributed by atoms with Crippen molar-refractivity contribution in [1.82, 2.24) is 0 Å². The molecule has 0 N–H and O–H groups in total. The second-order valence-corrected chi connectivity index (χ2v) is 4.18. The molecule has 1 fully saturated rings. The summed E-state index contributed by atoms with van der Waals surface area (Å²) in [4.78, 5) is 0. The molecule has 0 radical (unpaired) electrons. The highest BCUT2D eigenvalue weighted by molar-refractivity contribution is 7.95. The van der Waals surface area contributed by atoms with Gasteiger partial charge >= 0.3 is 20.8 Å². The molecule has 0 aromatic heterocycles. The van der Waals surface area contributed by atoms with Crippen LogP contribution in [0.3, 0.4) is 0 Å². The van der Waals surface area contributed by atoms with Crippen molar-refractivity contribution in [2.24, 2.45) is 0 Å². The molecule has 0 saturated carbocycles. The second kappa shape index (κ2) is 2.68. The Morgan fingerprint density at radius 3 is 1.55 bits per heavy atom. The summed E-state index contributed by atoms with van der Waals surface area (Å²) >= 11 is 0. The summed E-state index contributed by atoms with van der Waals surface area (Å²) in [6, 6.07) is 0. The van der Waals surface area contributed by atoms with Crippen LogP contribution in [0, 0.1) is 0 Å². The molecule has 66 valence electrons. The standard InChI is InChI=1S/C2H4O7S2/c3-10(4)7-1-2-8-11(5,6)9-10/h1-2H2. The van der Waals surface area contributed by atoms with Crippen LogP contribution in [0.4, 0.5) is 0 Å². The van der Waals surface area contributed by atoms with Crippen molar-refractivity contribution in [3.63, 3.8) is 0 Å². The molecule has 0 unspecified atom stereocenters. The average Bonchev–Trinajstić information content (AvgIpc) is 1.86. The molecule has 9 heteroatoms. The summed E-state index contributed by atoms with van der Waals surface area (Å²) in [7, 11) is -8.88. The zero-order valence-electron chi connectivity index (χ0n) is 5.09. The van der Waals surface area contributed by atoms with Gasteiger partial charge in [0.1, 0.15) is 0 Å². The van der Waals surface area contributed by atoms with Gasteiger partial charge in [0.2, 0.25) is 0 Å². The van der Waals surface area contributed by atoms with Gasteiger partial charge in [-0.05, 0) is 0 Å². The van der Waals surface area contributed by atoms with Gasteiger partial charge < -0.3 is 0 Å². The van der Waals surface area contributed by atoms with Gasteiger partial charge in [-0.15, -0.1) is 3.63 Å². The molecule has 7 nitrogen and oxygen atoms in total. The van der Waals surface area contributed by atoms with Gasteiger partial charge in [-0.3, -0.25) is 0 Å². The first-order chi connectivity index (χ1) is 4.91. The Labute approximate surface area is 63.5 Å². The summed E-state index contributed by atoms with van der Waals surface area (Å²) < 4.78 is 53.0. The highest BCUT2D eigenvalue weighted by Crippen LogP contribution is 2.08. The lowest BCUT2D eigenvalue weighted by atomic mass is 10.8.